The minimum atomic E-state index is -0.426. The molecule has 0 saturated heterocycles. The number of nitrogens with two attached hydrogens (primary N) is 1. The number of benzene rings is 1. The quantitative estimate of drug-likeness (QED) is 0.562. The number of thiophene rings is 1. The van der Waals surface area contributed by atoms with Gasteiger partial charge in [-0.1, -0.05) is 0 Å². The van der Waals surface area contributed by atoms with Gasteiger partial charge in [0.05, 0.1) is 16.3 Å². The highest BCUT2D eigenvalue weighted by molar-refractivity contribution is 9.10. The Balaban J connectivity index is 2.11. The van der Waals surface area contributed by atoms with E-state index in [0.717, 1.165) is 11.3 Å². The third-order valence-electron chi connectivity index (χ3n) is 2.84. The number of halogens is 1. The molecular formula is C14H11BrN4O2S. The predicted molar refractivity (Wildman–Crippen MR) is 89.1 cm³/mol. The zero-order chi connectivity index (χ0) is 16.3. The highest BCUT2D eigenvalue weighted by atomic mass is 79.9. The summed E-state index contributed by atoms with van der Waals surface area (Å²) in [5.74, 6) is -0.306. The van der Waals surface area contributed by atoms with Crippen LogP contribution in [-0.4, -0.2) is 17.2 Å². The molecule has 0 fully saturated rings. The highest BCUT2D eigenvalue weighted by Gasteiger charge is 2.18. The summed E-state index contributed by atoms with van der Waals surface area (Å²) < 4.78 is 0.531. The van der Waals surface area contributed by atoms with E-state index < -0.39 is 5.91 Å². The van der Waals surface area contributed by atoms with E-state index in [4.69, 9.17) is 11.0 Å². The second kappa shape index (κ2) is 6.60. The molecule has 1 aromatic carbocycles. The number of phenolic OH excluding ortho intramolecular Hbond substituents is 1. The summed E-state index contributed by atoms with van der Waals surface area (Å²) in [6.45, 7) is 1.67. The fraction of sp³-hybridized carbons (Fsp3) is 0.0714. The van der Waals surface area contributed by atoms with Crippen molar-refractivity contribution in [2.75, 3.05) is 5.73 Å². The summed E-state index contributed by atoms with van der Waals surface area (Å²) in [5, 5.41) is 22.5. The van der Waals surface area contributed by atoms with Crippen LogP contribution in [0, 0.1) is 18.3 Å². The molecular weight excluding hydrogens is 368 g/mol. The summed E-state index contributed by atoms with van der Waals surface area (Å²) in [4.78, 5) is 12.4. The molecule has 0 radical (unpaired) electrons. The molecule has 1 aromatic heterocycles. The largest absolute Gasteiger partial charge is 0.507 e. The number of hydrazone groups is 1. The fourth-order valence-electron chi connectivity index (χ4n) is 1.71. The molecule has 8 heteroatoms. The first-order valence-electron chi connectivity index (χ1n) is 6.05. The van der Waals surface area contributed by atoms with Crippen molar-refractivity contribution in [2.45, 2.75) is 6.92 Å². The first-order valence-corrected chi connectivity index (χ1v) is 7.66. The van der Waals surface area contributed by atoms with E-state index in [0.29, 0.717) is 31.0 Å². The van der Waals surface area contributed by atoms with Gasteiger partial charge in [-0.05, 0) is 52.2 Å². The van der Waals surface area contributed by atoms with Crippen LogP contribution in [0.15, 0.2) is 27.8 Å². The van der Waals surface area contributed by atoms with Crippen LogP contribution in [-0.2, 0) is 0 Å². The SMILES string of the molecule is Cc1c(C(=O)N/N=C\c2ccc(O)c(Br)c2)sc(N)c1C#N. The molecule has 112 valence electrons. The number of nitrogens with zero attached hydrogens (tertiary/aromatic N) is 2. The molecule has 0 aliphatic rings. The first kappa shape index (κ1) is 16.0. The van der Waals surface area contributed by atoms with Gasteiger partial charge in [0.2, 0.25) is 0 Å². The molecule has 22 heavy (non-hydrogen) atoms. The van der Waals surface area contributed by atoms with E-state index in [9.17, 15) is 9.90 Å². The Morgan fingerprint density at radius 2 is 2.32 bits per heavy atom. The summed E-state index contributed by atoms with van der Waals surface area (Å²) >= 11 is 4.24. The van der Waals surface area contributed by atoms with Crippen molar-refractivity contribution in [1.29, 1.82) is 5.26 Å². The number of carbonyl (C=O) groups is 1. The number of amides is 1. The summed E-state index contributed by atoms with van der Waals surface area (Å²) in [6, 6.07) is 6.79. The lowest BCUT2D eigenvalue weighted by Crippen LogP contribution is -2.17. The van der Waals surface area contributed by atoms with E-state index in [1.807, 2.05) is 6.07 Å². The maximum absolute atomic E-state index is 12.0. The summed E-state index contributed by atoms with van der Waals surface area (Å²) in [5.41, 5.74) is 9.64. The van der Waals surface area contributed by atoms with Gasteiger partial charge in [0.15, 0.2) is 0 Å². The van der Waals surface area contributed by atoms with E-state index in [2.05, 4.69) is 26.5 Å². The second-order valence-corrected chi connectivity index (χ2v) is 6.22. The Kier molecular flexibility index (Phi) is 4.80. The zero-order valence-corrected chi connectivity index (χ0v) is 13.8. The van der Waals surface area contributed by atoms with E-state index in [1.54, 1.807) is 19.1 Å². The Hall–Kier alpha value is -2.37. The lowest BCUT2D eigenvalue weighted by atomic mass is 10.2. The Labute approximate surface area is 139 Å². The average molecular weight is 379 g/mol. The molecule has 2 aromatic rings. The average Bonchev–Trinajstić information content (AvgIpc) is 2.77. The van der Waals surface area contributed by atoms with Gasteiger partial charge in [-0.3, -0.25) is 4.79 Å². The molecule has 0 unspecified atom stereocenters. The van der Waals surface area contributed by atoms with Crippen LogP contribution in [0.1, 0.15) is 26.4 Å². The summed E-state index contributed by atoms with van der Waals surface area (Å²) in [7, 11) is 0. The molecule has 0 bridgehead atoms. The van der Waals surface area contributed by atoms with Crippen molar-refractivity contribution in [3.05, 3.63) is 44.2 Å². The highest BCUT2D eigenvalue weighted by Crippen LogP contribution is 2.29. The van der Waals surface area contributed by atoms with Gasteiger partial charge in [0, 0.05) is 0 Å². The summed E-state index contributed by atoms with van der Waals surface area (Å²) in [6.07, 6.45) is 1.44. The minimum Gasteiger partial charge on any atom is -0.507 e. The number of nitrogen functional groups attached to an aromatic ring is 1. The van der Waals surface area contributed by atoms with Crippen LogP contribution < -0.4 is 11.2 Å². The van der Waals surface area contributed by atoms with Crippen molar-refractivity contribution in [1.82, 2.24) is 5.43 Å². The van der Waals surface area contributed by atoms with Crippen molar-refractivity contribution in [3.8, 4) is 11.8 Å². The number of anilines is 1. The topological polar surface area (TPSA) is 112 Å². The molecule has 1 amide bonds. The Bertz CT molecular complexity index is 808. The third kappa shape index (κ3) is 3.27. The molecule has 0 aliphatic heterocycles. The van der Waals surface area contributed by atoms with Crippen molar-refractivity contribution in [2.24, 2.45) is 5.10 Å². The molecule has 0 aliphatic carbocycles. The number of phenols is 1. The minimum absolute atomic E-state index is 0.120. The molecule has 0 saturated carbocycles. The Morgan fingerprint density at radius 3 is 2.91 bits per heavy atom. The zero-order valence-electron chi connectivity index (χ0n) is 11.4. The van der Waals surface area contributed by atoms with Gasteiger partial charge in [-0.15, -0.1) is 11.3 Å². The molecule has 0 spiro atoms. The number of nitrogens with one attached hydrogen (secondary N) is 1. The van der Waals surface area contributed by atoms with Crippen LogP contribution in [0.3, 0.4) is 0 Å². The van der Waals surface area contributed by atoms with Gasteiger partial charge < -0.3 is 10.8 Å². The monoisotopic (exact) mass is 378 g/mol. The number of rotatable bonds is 3. The predicted octanol–water partition coefficient (Wildman–Crippen LogP) is 2.74. The standard InChI is InChI=1S/C14H11BrN4O2S/c1-7-9(5-16)13(17)22-12(7)14(21)19-18-6-8-2-3-11(20)10(15)4-8/h2-4,6,20H,17H2,1H3,(H,19,21)/b18-6-. The molecule has 0 atom stereocenters. The van der Waals surface area contributed by atoms with E-state index in [1.165, 1.54) is 12.3 Å². The number of hydrogen-bond donors (Lipinski definition) is 3. The van der Waals surface area contributed by atoms with Crippen LogP contribution in [0.5, 0.6) is 5.75 Å². The number of carbonyl (C=O) groups excluding carboxylic acids is 1. The Morgan fingerprint density at radius 1 is 1.59 bits per heavy atom. The number of nitriles is 1. The molecule has 4 N–H and O–H groups in total. The van der Waals surface area contributed by atoms with Crippen molar-refractivity contribution < 1.29 is 9.90 Å². The fourth-order valence-corrected chi connectivity index (χ4v) is 3.02. The maximum atomic E-state index is 12.0. The lowest BCUT2D eigenvalue weighted by Gasteiger charge is -1.99. The smallest absolute Gasteiger partial charge is 0.281 e. The van der Waals surface area contributed by atoms with Crippen LogP contribution in [0.2, 0.25) is 0 Å². The van der Waals surface area contributed by atoms with Crippen molar-refractivity contribution >= 4 is 44.4 Å². The van der Waals surface area contributed by atoms with Gasteiger partial charge >= 0.3 is 0 Å². The van der Waals surface area contributed by atoms with Crippen LogP contribution >= 0.6 is 27.3 Å². The molecule has 6 nitrogen and oxygen atoms in total. The first-order chi connectivity index (χ1) is 10.4. The van der Waals surface area contributed by atoms with Crippen LogP contribution in [0.25, 0.3) is 0 Å². The van der Waals surface area contributed by atoms with Gasteiger partial charge in [-0.25, -0.2) is 5.43 Å². The number of aromatic hydroxyl groups is 1. The van der Waals surface area contributed by atoms with E-state index >= 15 is 0 Å². The normalized spacial score (nSPS) is 10.6. The van der Waals surface area contributed by atoms with Gasteiger partial charge in [0.25, 0.3) is 5.91 Å². The van der Waals surface area contributed by atoms with Gasteiger partial charge in [-0.2, -0.15) is 10.4 Å². The molecule has 1 heterocycles. The van der Waals surface area contributed by atoms with Crippen LogP contribution in [0.4, 0.5) is 5.00 Å². The lowest BCUT2D eigenvalue weighted by molar-refractivity contribution is 0.0958. The van der Waals surface area contributed by atoms with E-state index in [-0.39, 0.29) is 5.75 Å². The van der Waals surface area contributed by atoms with Crippen molar-refractivity contribution in [3.63, 3.8) is 0 Å². The molecule has 2 rings (SSSR count). The second-order valence-electron chi connectivity index (χ2n) is 4.32. The maximum Gasteiger partial charge on any atom is 0.281 e. The van der Waals surface area contributed by atoms with Gasteiger partial charge in [0.1, 0.15) is 21.7 Å². The number of hydrogen-bond acceptors (Lipinski definition) is 6. The third-order valence-corrected chi connectivity index (χ3v) is 4.60.